The van der Waals surface area contributed by atoms with Crippen LogP contribution in [0.1, 0.15) is 40.6 Å². The maximum absolute atomic E-state index is 12.9. The highest BCUT2D eigenvalue weighted by atomic mass is 19.4. The SMILES string of the molecule is COc1cccc(C2NCCC2c2cn(Cc3ccc(C(F)(F)F)cc3)c3ccccc23)c1. The van der Waals surface area contributed by atoms with Crippen molar-refractivity contribution in [2.75, 3.05) is 13.7 Å². The van der Waals surface area contributed by atoms with Gasteiger partial charge in [0.05, 0.1) is 12.7 Å². The van der Waals surface area contributed by atoms with E-state index in [1.54, 1.807) is 19.2 Å². The van der Waals surface area contributed by atoms with Gasteiger partial charge in [-0.25, -0.2) is 0 Å². The van der Waals surface area contributed by atoms with Crippen molar-refractivity contribution in [3.8, 4) is 5.75 Å². The molecule has 1 aliphatic rings. The maximum atomic E-state index is 12.9. The molecule has 0 amide bonds. The summed E-state index contributed by atoms with van der Waals surface area (Å²) in [6.07, 6.45) is -1.14. The van der Waals surface area contributed by atoms with Crippen molar-refractivity contribution in [2.45, 2.75) is 31.1 Å². The lowest BCUT2D eigenvalue weighted by molar-refractivity contribution is -0.137. The molecule has 0 saturated carbocycles. The van der Waals surface area contributed by atoms with Gasteiger partial charge in [0.1, 0.15) is 5.75 Å². The zero-order chi connectivity index (χ0) is 23.0. The van der Waals surface area contributed by atoms with Crippen molar-refractivity contribution in [3.05, 3.63) is 101 Å². The van der Waals surface area contributed by atoms with Crippen molar-refractivity contribution >= 4 is 10.9 Å². The summed E-state index contributed by atoms with van der Waals surface area (Å²) >= 11 is 0. The van der Waals surface area contributed by atoms with Crippen molar-refractivity contribution < 1.29 is 17.9 Å². The fourth-order valence-electron chi connectivity index (χ4n) is 4.92. The average Bonchev–Trinajstić information content (AvgIpc) is 3.44. The average molecular weight is 451 g/mol. The van der Waals surface area contributed by atoms with Crippen LogP contribution in [0, 0.1) is 0 Å². The number of aromatic nitrogens is 1. The molecule has 5 rings (SSSR count). The largest absolute Gasteiger partial charge is 0.497 e. The summed E-state index contributed by atoms with van der Waals surface area (Å²) in [6.45, 7) is 1.44. The van der Waals surface area contributed by atoms with E-state index in [2.05, 4.69) is 40.3 Å². The van der Waals surface area contributed by atoms with Crippen LogP contribution in [0.3, 0.4) is 0 Å². The van der Waals surface area contributed by atoms with Gasteiger partial charge in [-0.15, -0.1) is 0 Å². The number of para-hydroxylation sites is 1. The molecule has 0 radical (unpaired) electrons. The Labute approximate surface area is 190 Å². The van der Waals surface area contributed by atoms with Crippen LogP contribution in [-0.4, -0.2) is 18.2 Å². The first-order chi connectivity index (χ1) is 15.9. The minimum atomic E-state index is -4.32. The Bertz CT molecular complexity index is 1260. The first-order valence-corrected chi connectivity index (χ1v) is 11.1. The lowest BCUT2D eigenvalue weighted by Gasteiger charge is -2.20. The van der Waals surface area contributed by atoms with Crippen LogP contribution in [0.4, 0.5) is 13.2 Å². The Hall–Kier alpha value is -3.25. The standard InChI is InChI=1S/C27H25F3N2O/c1-33-21-6-4-5-19(15-21)26-23(13-14-31-26)24-17-32(25-8-3-2-7-22(24)25)16-18-9-11-20(12-10-18)27(28,29)30/h2-12,15,17,23,26,31H,13-14,16H2,1H3. The van der Waals surface area contributed by atoms with E-state index in [-0.39, 0.29) is 12.0 Å². The van der Waals surface area contributed by atoms with Crippen LogP contribution in [0.15, 0.2) is 79.0 Å². The second-order valence-corrected chi connectivity index (χ2v) is 8.53. The third-order valence-corrected chi connectivity index (χ3v) is 6.53. The summed E-state index contributed by atoms with van der Waals surface area (Å²) in [4.78, 5) is 0. The van der Waals surface area contributed by atoms with Gasteiger partial charge in [-0.1, -0.05) is 42.5 Å². The minimum Gasteiger partial charge on any atom is -0.497 e. The summed E-state index contributed by atoms with van der Waals surface area (Å²) in [5, 5.41) is 4.83. The number of ether oxygens (including phenoxy) is 1. The van der Waals surface area contributed by atoms with Crippen LogP contribution in [0.5, 0.6) is 5.75 Å². The first kappa shape index (κ1) is 21.6. The minimum absolute atomic E-state index is 0.172. The molecule has 1 aromatic heterocycles. The zero-order valence-electron chi connectivity index (χ0n) is 18.3. The van der Waals surface area contributed by atoms with E-state index in [0.29, 0.717) is 6.54 Å². The van der Waals surface area contributed by atoms with Gasteiger partial charge in [-0.2, -0.15) is 13.2 Å². The van der Waals surface area contributed by atoms with Crippen molar-refractivity contribution in [1.29, 1.82) is 0 Å². The van der Waals surface area contributed by atoms with E-state index in [0.717, 1.165) is 41.9 Å². The molecule has 33 heavy (non-hydrogen) atoms. The van der Waals surface area contributed by atoms with Gasteiger partial charge in [0.15, 0.2) is 0 Å². The molecule has 1 N–H and O–H groups in total. The predicted molar refractivity (Wildman–Crippen MR) is 124 cm³/mol. The van der Waals surface area contributed by atoms with E-state index in [9.17, 15) is 13.2 Å². The molecule has 0 aliphatic carbocycles. The monoisotopic (exact) mass is 450 g/mol. The number of nitrogens with one attached hydrogen (secondary N) is 1. The second kappa shape index (κ2) is 8.60. The van der Waals surface area contributed by atoms with Crippen LogP contribution >= 0.6 is 0 Å². The topological polar surface area (TPSA) is 26.2 Å². The number of methoxy groups -OCH3 is 1. The molecule has 1 aliphatic heterocycles. The molecule has 3 aromatic carbocycles. The molecule has 2 heterocycles. The van der Waals surface area contributed by atoms with Crippen molar-refractivity contribution in [1.82, 2.24) is 9.88 Å². The van der Waals surface area contributed by atoms with E-state index < -0.39 is 11.7 Å². The summed E-state index contributed by atoms with van der Waals surface area (Å²) in [7, 11) is 1.67. The number of rotatable bonds is 5. The number of alkyl halides is 3. The van der Waals surface area contributed by atoms with Crippen molar-refractivity contribution in [2.24, 2.45) is 0 Å². The quantitative estimate of drug-likeness (QED) is 0.374. The summed E-state index contributed by atoms with van der Waals surface area (Å²) in [5.74, 6) is 1.13. The predicted octanol–water partition coefficient (Wildman–Crippen LogP) is 6.54. The Morgan fingerprint density at radius 3 is 2.55 bits per heavy atom. The third-order valence-electron chi connectivity index (χ3n) is 6.53. The molecule has 3 nitrogen and oxygen atoms in total. The van der Waals surface area contributed by atoms with E-state index in [1.165, 1.54) is 16.5 Å². The fourth-order valence-corrected chi connectivity index (χ4v) is 4.92. The van der Waals surface area contributed by atoms with Crippen LogP contribution in [0.2, 0.25) is 0 Å². The first-order valence-electron chi connectivity index (χ1n) is 11.1. The van der Waals surface area contributed by atoms with Crippen LogP contribution in [-0.2, 0) is 12.7 Å². The fraction of sp³-hybridized carbons (Fsp3) is 0.259. The molecule has 6 heteroatoms. The number of fused-ring (bicyclic) bond motifs is 1. The molecule has 1 fully saturated rings. The van der Waals surface area contributed by atoms with Gasteiger partial charge in [-0.3, -0.25) is 0 Å². The third kappa shape index (κ3) is 4.23. The lowest BCUT2D eigenvalue weighted by atomic mass is 9.87. The Morgan fingerprint density at radius 2 is 1.79 bits per heavy atom. The number of halogens is 3. The van der Waals surface area contributed by atoms with E-state index >= 15 is 0 Å². The van der Waals surface area contributed by atoms with Crippen LogP contribution in [0.25, 0.3) is 10.9 Å². The maximum Gasteiger partial charge on any atom is 0.416 e. The molecule has 2 unspecified atom stereocenters. The van der Waals surface area contributed by atoms with Gasteiger partial charge in [-0.05, 0) is 60.0 Å². The van der Waals surface area contributed by atoms with Gasteiger partial charge < -0.3 is 14.6 Å². The molecule has 1 saturated heterocycles. The highest BCUT2D eigenvalue weighted by Crippen LogP contribution is 2.42. The van der Waals surface area contributed by atoms with Gasteiger partial charge in [0.2, 0.25) is 0 Å². The molecular weight excluding hydrogens is 425 g/mol. The molecular formula is C27H25F3N2O. The molecule has 0 bridgehead atoms. The summed E-state index contributed by atoms with van der Waals surface area (Å²) in [6, 6.07) is 22.0. The van der Waals surface area contributed by atoms with E-state index in [1.807, 2.05) is 24.3 Å². The van der Waals surface area contributed by atoms with Crippen molar-refractivity contribution in [3.63, 3.8) is 0 Å². The smallest absolute Gasteiger partial charge is 0.416 e. The zero-order valence-corrected chi connectivity index (χ0v) is 18.3. The molecule has 0 spiro atoms. The molecule has 170 valence electrons. The van der Waals surface area contributed by atoms with Gasteiger partial charge in [0, 0.05) is 35.6 Å². The summed E-state index contributed by atoms with van der Waals surface area (Å²) in [5.41, 5.74) is 3.75. The summed E-state index contributed by atoms with van der Waals surface area (Å²) < 4.78 is 46.4. The molecule has 4 aromatic rings. The second-order valence-electron chi connectivity index (χ2n) is 8.53. The highest BCUT2D eigenvalue weighted by molar-refractivity contribution is 5.85. The Kier molecular flexibility index (Phi) is 5.62. The normalized spacial score (nSPS) is 18.7. The number of benzene rings is 3. The number of nitrogens with zero attached hydrogens (tertiary/aromatic N) is 1. The Morgan fingerprint density at radius 1 is 1.00 bits per heavy atom. The van der Waals surface area contributed by atoms with Gasteiger partial charge >= 0.3 is 6.18 Å². The lowest BCUT2D eigenvalue weighted by Crippen LogP contribution is -2.17. The Balaban J connectivity index is 1.50. The van der Waals surface area contributed by atoms with Gasteiger partial charge in [0.25, 0.3) is 0 Å². The number of hydrogen-bond acceptors (Lipinski definition) is 2. The highest BCUT2D eigenvalue weighted by Gasteiger charge is 2.32. The van der Waals surface area contributed by atoms with E-state index in [4.69, 9.17) is 4.74 Å². The molecule has 2 atom stereocenters. The van der Waals surface area contributed by atoms with Crippen LogP contribution < -0.4 is 10.1 Å². The number of hydrogen-bond donors (Lipinski definition) is 1.